The summed E-state index contributed by atoms with van der Waals surface area (Å²) in [6.45, 7) is 18.5. The number of hydrogen-bond acceptors (Lipinski definition) is 0. The molecule has 0 amide bonds. The van der Waals surface area contributed by atoms with Crippen molar-refractivity contribution < 1.29 is 0 Å². The summed E-state index contributed by atoms with van der Waals surface area (Å²) in [5.41, 5.74) is 5.98. The van der Waals surface area contributed by atoms with Gasteiger partial charge in [0.15, 0.2) is 0 Å². The van der Waals surface area contributed by atoms with E-state index in [2.05, 4.69) is 97.6 Å². The molecule has 0 saturated carbocycles. The number of rotatable bonds is 6. The number of benzene rings is 2. The molecule has 140 valence electrons. The first kappa shape index (κ1) is 21.3. The fourth-order valence-corrected chi connectivity index (χ4v) is 5.59. The first-order valence-corrected chi connectivity index (χ1v) is 12.7. The Morgan fingerprint density at radius 3 is 0.885 bits per heavy atom. The fraction of sp³-hybridized carbons (Fsp3) is 0.520. The van der Waals surface area contributed by atoms with Gasteiger partial charge in [-0.3, -0.25) is 0 Å². The van der Waals surface area contributed by atoms with Crippen LogP contribution in [0, 0.1) is 0 Å². The lowest BCUT2D eigenvalue weighted by Crippen LogP contribution is -2.40. The number of hydrogen-bond donors (Lipinski definition) is 0. The Hall–Kier alpha value is -1.03. The summed E-state index contributed by atoms with van der Waals surface area (Å²) in [7, 11) is 0. The van der Waals surface area contributed by atoms with Gasteiger partial charge < -0.3 is 0 Å². The van der Waals surface area contributed by atoms with Crippen LogP contribution >= 0.6 is 0 Å². The summed E-state index contributed by atoms with van der Waals surface area (Å²) in [6.07, 6.45) is 0. The molecule has 0 fully saturated rings. The van der Waals surface area contributed by atoms with E-state index < -0.39 is 14.1 Å². The summed E-state index contributed by atoms with van der Waals surface area (Å²) in [5.74, 6) is 4.85. The average Bonchev–Trinajstić information content (AvgIpc) is 2.59. The van der Waals surface area contributed by atoms with Crippen molar-refractivity contribution in [1.29, 1.82) is 0 Å². The predicted molar refractivity (Wildman–Crippen MR) is 120 cm³/mol. The highest BCUT2D eigenvalue weighted by Crippen LogP contribution is 2.22. The molecule has 0 aliphatic carbocycles. The van der Waals surface area contributed by atoms with E-state index in [1.54, 1.807) is 8.85 Å². The lowest BCUT2D eigenvalue weighted by molar-refractivity contribution is 0.835. The maximum absolute atomic E-state index is 2.51. The van der Waals surface area contributed by atoms with Gasteiger partial charge in [0, 0.05) is 0 Å². The second-order valence-electron chi connectivity index (χ2n) is 9.21. The summed E-state index contributed by atoms with van der Waals surface area (Å²) in [4.78, 5) is 0. The monoisotopic (exact) mass is 364 g/mol. The van der Waals surface area contributed by atoms with Gasteiger partial charge in [0.05, 0.1) is 0 Å². The first-order chi connectivity index (χ1) is 12.1. The van der Waals surface area contributed by atoms with Crippen LogP contribution in [0.25, 0.3) is 0 Å². The van der Waals surface area contributed by atoms with Crippen molar-refractivity contribution >= 4 is 23.0 Å². The van der Waals surface area contributed by atoms with E-state index in [0.717, 1.165) is 0 Å². The minimum atomic E-state index is -1.20. The highest BCUT2D eigenvalue weighted by Gasteiger charge is 2.21. The molecule has 0 aliphatic rings. The highest BCUT2D eigenvalue weighted by atomic mass is 27.2. The van der Waals surface area contributed by atoms with Gasteiger partial charge in [-0.25, -0.2) is 0 Å². The zero-order valence-corrected chi connectivity index (χ0v) is 19.5. The van der Waals surface area contributed by atoms with Crippen LogP contribution in [-0.2, 0) is 0 Å². The first-order valence-electron chi connectivity index (χ1n) is 10.4. The summed E-state index contributed by atoms with van der Waals surface area (Å²) >= 11 is -1.20. The average molecular weight is 365 g/mol. The zero-order chi connectivity index (χ0) is 19.6. The van der Waals surface area contributed by atoms with Gasteiger partial charge in [-0.05, 0) is 45.9 Å². The van der Waals surface area contributed by atoms with Crippen LogP contribution < -0.4 is 8.85 Å². The van der Waals surface area contributed by atoms with Crippen molar-refractivity contribution in [3.05, 3.63) is 58.7 Å². The molecule has 0 aromatic heterocycles. The Balaban J connectivity index is 2.56. The molecule has 1 heteroatoms. The maximum atomic E-state index is 2.51. The van der Waals surface area contributed by atoms with Crippen molar-refractivity contribution in [2.24, 2.45) is 0 Å². The van der Waals surface area contributed by atoms with Gasteiger partial charge >= 0.3 is 14.1 Å². The van der Waals surface area contributed by atoms with E-state index in [1.165, 1.54) is 22.3 Å². The Morgan fingerprint density at radius 2 is 0.692 bits per heavy atom. The normalized spacial score (nSPS) is 11.9. The zero-order valence-electron chi connectivity index (χ0n) is 18.4. The molecule has 0 N–H and O–H groups in total. The van der Waals surface area contributed by atoms with E-state index in [4.69, 9.17) is 0 Å². The van der Waals surface area contributed by atoms with Crippen molar-refractivity contribution in [3.8, 4) is 0 Å². The Bertz CT molecular complexity index is 622. The molecular formula is C25H37Al. The minimum absolute atomic E-state index is 0.585. The van der Waals surface area contributed by atoms with Crippen LogP contribution in [0.3, 0.4) is 0 Å². The van der Waals surface area contributed by atoms with Crippen LogP contribution in [0.4, 0.5) is 0 Å². The van der Waals surface area contributed by atoms with Crippen LogP contribution in [0.5, 0.6) is 0 Å². The van der Waals surface area contributed by atoms with E-state index in [1.807, 2.05) is 0 Å². The molecule has 0 bridgehead atoms. The molecule has 2 rings (SSSR count). The Morgan fingerprint density at radius 1 is 0.462 bits per heavy atom. The van der Waals surface area contributed by atoms with Crippen LogP contribution in [0.2, 0.25) is 5.79 Å². The summed E-state index contributed by atoms with van der Waals surface area (Å²) < 4.78 is 3.19. The van der Waals surface area contributed by atoms with Crippen molar-refractivity contribution in [2.75, 3.05) is 0 Å². The van der Waals surface area contributed by atoms with Gasteiger partial charge in [0.2, 0.25) is 0 Å². The standard InChI is InChI=1S/2C12H17.CH3.Al/c2*1-9(2)11-6-5-7-12(8-11)10(3)4;;/h2*6-10H,1-4H3;1H3;. The van der Waals surface area contributed by atoms with Gasteiger partial charge in [0.25, 0.3) is 0 Å². The molecule has 0 nitrogen and oxygen atoms in total. The lowest BCUT2D eigenvalue weighted by Gasteiger charge is -2.19. The molecule has 2 aromatic rings. The van der Waals surface area contributed by atoms with Gasteiger partial charge in [-0.15, -0.1) is 8.85 Å². The van der Waals surface area contributed by atoms with Gasteiger partial charge in [-0.1, -0.05) is 97.6 Å². The molecule has 0 atom stereocenters. The third-order valence-electron chi connectivity index (χ3n) is 5.67. The Kier molecular flexibility index (Phi) is 7.18. The van der Waals surface area contributed by atoms with Crippen molar-refractivity contribution in [1.82, 2.24) is 0 Å². The highest BCUT2D eigenvalue weighted by molar-refractivity contribution is 6.84. The molecular weight excluding hydrogens is 327 g/mol. The van der Waals surface area contributed by atoms with E-state index >= 15 is 0 Å². The fourth-order valence-electron chi connectivity index (χ4n) is 3.43. The van der Waals surface area contributed by atoms with E-state index in [0.29, 0.717) is 23.7 Å². The molecule has 0 saturated heterocycles. The largest absolute Gasteiger partial charge is 0.342 e. The van der Waals surface area contributed by atoms with Crippen LogP contribution in [-0.4, -0.2) is 14.1 Å². The molecule has 0 radical (unpaired) electrons. The van der Waals surface area contributed by atoms with E-state index in [9.17, 15) is 0 Å². The van der Waals surface area contributed by atoms with Crippen molar-refractivity contribution in [3.63, 3.8) is 0 Å². The molecule has 0 unspecified atom stereocenters. The minimum Gasteiger partial charge on any atom is -0.104 e. The molecule has 0 spiro atoms. The molecule has 0 heterocycles. The van der Waals surface area contributed by atoms with Crippen molar-refractivity contribution in [2.45, 2.75) is 84.8 Å². The third-order valence-corrected chi connectivity index (χ3v) is 8.33. The SMILES string of the molecule is CC(C)c1cc(C(C)C)c[c]([Al]([CH3])[c]2cc(C(C)C)cc(C(C)C)c2)c1. The van der Waals surface area contributed by atoms with Crippen LogP contribution in [0.15, 0.2) is 36.4 Å². The topological polar surface area (TPSA) is 0 Å². The van der Waals surface area contributed by atoms with E-state index in [-0.39, 0.29) is 0 Å². The predicted octanol–water partition coefficient (Wildman–Crippen LogP) is 6.42. The second-order valence-corrected chi connectivity index (χ2v) is 12.0. The quantitative estimate of drug-likeness (QED) is 0.519. The lowest BCUT2D eigenvalue weighted by atomic mass is 9.96. The Labute approximate surface area is 166 Å². The summed E-state index contributed by atoms with van der Waals surface area (Å²) in [5, 5.41) is 0. The van der Waals surface area contributed by atoms with Gasteiger partial charge in [-0.2, -0.15) is 0 Å². The molecule has 2 aromatic carbocycles. The third kappa shape index (κ3) is 5.03. The summed E-state index contributed by atoms with van der Waals surface area (Å²) in [6, 6.07) is 14.8. The van der Waals surface area contributed by atoms with Gasteiger partial charge in [0.1, 0.15) is 0 Å². The smallest absolute Gasteiger partial charge is 0.104 e. The van der Waals surface area contributed by atoms with Crippen LogP contribution in [0.1, 0.15) is 101 Å². The molecule has 0 aliphatic heterocycles. The second kappa shape index (κ2) is 8.77. The maximum Gasteiger partial charge on any atom is 0.342 e. The molecule has 26 heavy (non-hydrogen) atoms.